The first-order chi connectivity index (χ1) is 10.4. The molecule has 2 aliphatic rings. The van der Waals surface area contributed by atoms with Gasteiger partial charge in [0, 0.05) is 26.2 Å². The third-order valence-corrected chi connectivity index (χ3v) is 3.74. The molecule has 0 aromatic rings. The van der Waals surface area contributed by atoms with Gasteiger partial charge in [-0.05, 0) is 24.5 Å². The molecule has 21 heavy (non-hydrogen) atoms. The highest BCUT2D eigenvalue weighted by Crippen LogP contribution is 2.23. The highest BCUT2D eigenvalue weighted by molar-refractivity contribution is 5.41. The van der Waals surface area contributed by atoms with Crippen LogP contribution in [0.3, 0.4) is 0 Å². The number of hydrogen-bond acceptors (Lipinski definition) is 2. The van der Waals surface area contributed by atoms with Crippen LogP contribution in [0.5, 0.6) is 0 Å². The first kappa shape index (κ1) is 17.4. The number of allylic oxidation sites excluding steroid dienone is 5. The molecule has 1 aliphatic carbocycles. The average Bonchev–Trinajstić information content (AvgIpc) is 2.84. The predicted octanol–water partition coefficient (Wildman–Crippen LogP) is 3.64. The van der Waals surface area contributed by atoms with Gasteiger partial charge in [-0.25, -0.2) is 0 Å². The molecule has 0 spiro atoms. The second-order valence-electron chi connectivity index (χ2n) is 4.91. The van der Waals surface area contributed by atoms with E-state index in [0.717, 1.165) is 32.6 Å². The largest absolute Gasteiger partial charge is 0.314 e. The maximum absolute atomic E-state index is 3.99. The zero-order valence-electron chi connectivity index (χ0n) is 13.2. The Labute approximate surface area is 129 Å². The molecule has 0 amide bonds. The van der Waals surface area contributed by atoms with Crippen molar-refractivity contribution in [3.8, 4) is 0 Å². The van der Waals surface area contributed by atoms with E-state index in [4.69, 9.17) is 0 Å². The zero-order valence-corrected chi connectivity index (χ0v) is 13.2. The summed E-state index contributed by atoms with van der Waals surface area (Å²) in [6.45, 7) is 16.4. The smallest absolute Gasteiger partial charge is 0.0596 e. The van der Waals surface area contributed by atoms with Crippen LogP contribution >= 0.6 is 0 Å². The Hall–Kier alpha value is -1.64. The monoisotopic (exact) mass is 284 g/mol. The molecule has 1 fully saturated rings. The van der Waals surface area contributed by atoms with Gasteiger partial charge in [-0.15, -0.1) is 13.2 Å². The van der Waals surface area contributed by atoms with Crippen molar-refractivity contribution in [2.24, 2.45) is 0 Å². The lowest BCUT2D eigenvalue weighted by Crippen LogP contribution is -2.49. The molecule has 1 aliphatic heterocycles. The number of nitrogens with zero attached hydrogens (tertiary/aromatic N) is 1. The van der Waals surface area contributed by atoms with E-state index < -0.39 is 0 Å². The van der Waals surface area contributed by atoms with Crippen LogP contribution in [-0.4, -0.2) is 37.1 Å². The van der Waals surface area contributed by atoms with E-state index >= 15 is 0 Å². The molecule has 0 aromatic heterocycles. The van der Waals surface area contributed by atoms with Crippen molar-refractivity contribution in [2.45, 2.75) is 19.4 Å². The minimum Gasteiger partial charge on any atom is -0.314 e. The minimum absolute atomic E-state index is 0.348. The molecule has 0 aromatic carbocycles. The van der Waals surface area contributed by atoms with E-state index in [0.29, 0.717) is 6.04 Å². The van der Waals surface area contributed by atoms with E-state index in [1.54, 1.807) is 0 Å². The van der Waals surface area contributed by atoms with Crippen LogP contribution < -0.4 is 5.32 Å². The molecule has 1 unspecified atom stereocenters. The lowest BCUT2D eigenvalue weighted by molar-refractivity contribution is 0.218. The number of nitrogens with one attached hydrogen (secondary N) is 1. The van der Waals surface area contributed by atoms with Gasteiger partial charge in [-0.2, -0.15) is 0 Å². The molecular weight excluding hydrogens is 256 g/mol. The average molecular weight is 284 g/mol. The first-order valence-electron chi connectivity index (χ1n) is 7.63. The Bertz CT molecular complexity index is 434. The zero-order chi connectivity index (χ0) is 15.5. The summed E-state index contributed by atoms with van der Waals surface area (Å²) in [5.74, 6) is 0. The summed E-state index contributed by atoms with van der Waals surface area (Å²) >= 11 is 0. The molecule has 1 heterocycles. The van der Waals surface area contributed by atoms with Gasteiger partial charge in [-0.3, -0.25) is 4.90 Å². The summed E-state index contributed by atoms with van der Waals surface area (Å²) in [5, 5.41) is 3.42. The molecule has 1 atom stereocenters. The van der Waals surface area contributed by atoms with Crippen molar-refractivity contribution in [1.29, 1.82) is 0 Å². The lowest BCUT2D eigenvalue weighted by atomic mass is 9.95. The topological polar surface area (TPSA) is 15.3 Å². The van der Waals surface area contributed by atoms with Crippen LogP contribution in [0.2, 0.25) is 0 Å². The number of rotatable bonds is 4. The molecule has 1 N–H and O–H groups in total. The van der Waals surface area contributed by atoms with Gasteiger partial charge in [-0.1, -0.05) is 49.1 Å². The Morgan fingerprint density at radius 1 is 1.29 bits per heavy atom. The second kappa shape index (κ2) is 10.1. The van der Waals surface area contributed by atoms with Gasteiger partial charge in [0.1, 0.15) is 0 Å². The van der Waals surface area contributed by atoms with E-state index in [2.05, 4.69) is 73.3 Å². The van der Waals surface area contributed by atoms with E-state index in [1.807, 2.05) is 6.08 Å². The van der Waals surface area contributed by atoms with Crippen molar-refractivity contribution >= 4 is 0 Å². The second-order valence-corrected chi connectivity index (χ2v) is 4.91. The van der Waals surface area contributed by atoms with Crippen molar-refractivity contribution in [1.82, 2.24) is 10.2 Å². The lowest BCUT2D eigenvalue weighted by Gasteiger charge is -2.36. The van der Waals surface area contributed by atoms with Gasteiger partial charge in [0.15, 0.2) is 0 Å². The van der Waals surface area contributed by atoms with Crippen molar-refractivity contribution in [2.75, 3.05) is 26.2 Å². The van der Waals surface area contributed by atoms with Gasteiger partial charge in [0.2, 0.25) is 0 Å². The Balaban J connectivity index is 0.00000106. The van der Waals surface area contributed by atoms with Crippen molar-refractivity contribution < 1.29 is 0 Å². The standard InChI is InChI=1S/C17H24N2.C2H4/c1-3-15(4-2)17(19-13-11-18-12-14-19)16-9-7-5-6-8-10-16;1-2/h3-7,9-10,17-18H,1,8,11-14H2,2H3;1-2H2/b15-4+;. The fraction of sp³-hybridized carbons (Fsp3) is 0.368. The predicted molar refractivity (Wildman–Crippen MR) is 94.4 cm³/mol. The summed E-state index contributed by atoms with van der Waals surface area (Å²) in [6, 6.07) is 0.348. The summed E-state index contributed by atoms with van der Waals surface area (Å²) in [7, 11) is 0. The molecule has 0 radical (unpaired) electrons. The van der Waals surface area contributed by atoms with Gasteiger partial charge < -0.3 is 5.32 Å². The summed E-state index contributed by atoms with van der Waals surface area (Å²) in [6.07, 6.45) is 16.2. The van der Waals surface area contributed by atoms with E-state index in [9.17, 15) is 0 Å². The normalized spacial score (nSPS) is 20.8. The third-order valence-electron chi connectivity index (χ3n) is 3.74. The van der Waals surface area contributed by atoms with Crippen molar-refractivity contribution in [3.05, 3.63) is 73.4 Å². The number of hydrogen-bond donors (Lipinski definition) is 1. The Morgan fingerprint density at radius 3 is 2.62 bits per heavy atom. The minimum atomic E-state index is 0.348. The highest BCUT2D eigenvalue weighted by Gasteiger charge is 2.24. The molecule has 2 nitrogen and oxygen atoms in total. The first-order valence-corrected chi connectivity index (χ1v) is 7.63. The Morgan fingerprint density at radius 2 is 2.00 bits per heavy atom. The van der Waals surface area contributed by atoms with E-state index in [1.165, 1.54) is 11.1 Å². The molecular formula is C19H28N2. The molecule has 0 bridgehead atoms. The fourth-order valence-corrected chi connectivity index (χ4v) is 2.74. The number of piperazine rings is 1. The van der Waals surface area contributed by atoms with Gasteiger partial charge in [0.25, 0.3) is 0 Å². The van der Waals surface area contributed by atoms with Crippen LogP contribution in [-0.2, 0) is 0 Å². The maximum atomic E-state index is 3.99. The summed E-state index contributed by atoms with van der Waals surface area (Å²) in [5.41, 5.74) is 2.69. The molecule has 2 rings (SSSR count). The summed E-state index contributed by atoms with van der Waals surface area (Å²) < 4.78 is 0. The van der Waals surface area contributed by atoms with Crippen molar-refractivity contribution in [3.63, 3.8) is 0 Å². The SMILES string of the molecule is C=C.C=C/C(=C\C)C(C1=CCC=CC=C1)N1CCNCC1. The summed E-state index contributed by atoms with van der Waals surface area (Å²) in [4.78, 5) is 2.55. The van der Waals surface area contributed by atoms with Crippen LogP contribution in [0.4, 0.5) is 0 Å². The van der Waals surface area contributed by atoms with Gasteiger partial charge in [0.05, 0.1) is 6.04 Å². The molecule has 2 heteroatoms. The molecule has 114 valence electrons. The molecule has 1 saturated heterocycles. The molecule has 0 saturated carbocycles. The highest BCUT2D eigenvalue weighted by atomic mass is 15.2. The fourth-order valence-electron chi connectivity index (χ4n) is 2.74. The van der Waals surface area contributed by atoms with Gasteiger partial charge >= 0.3 is 0 Å². The van der Waals surface area contributed by atoms with Crippen LogP contribution in [0.15, 0.2) is 73.4 Å². The third kappa shape index (κ3) is 5.00. The quantitative estimate of drug-likeness (QED) is 0.626. The van der Waals surface area contributed by atoms with Crippen LogP contribution in [0, 0.1) is 0 Å². The maximum Gasteiger partial charge on any atom is 0.0596 e. The van der Waals surface area contributed by atoms with Crippen LogP contribution in [0.1, 0.15) is 13.3 Å². The van der Waals surface area contributed by atoms with Crippen LogP contribution in [0.25, 0.3) is 0 Å². The van der Waals surface area contributed by atoms with E-state index in [-0.39, 0.29) is 0 Å². The Kier molecular flexibility index (Phi) is 8.41.